The van der Waals surface area contributed by atoms with Gasteiger partial charge in [0.2, 0.25) is 0 Å². The molecule has 0 aromatic carbocycles. The van der Waals surface area contributed by atoms with Crippen LogP contribution in [0, 0.1) is 0 Å². The van der Waals surface area contributed by atoms with Crippen LogP contribution in [0.2, 0.25) is 0 Å². The largest absolute Gasteiger partial charge is 0.469 e. The van der Waals surface area contributed by atoms with Gasteiger partial charge in [0.15, 0.2) is 0 Å². The smallest absolute Gasteiger partial charge is 0.408 e. The quantitative estimate of drug-likeness (QED) is 0.801. The lowest BCUT2D eigenvalue weighted by Gasteiger charge is -2.36. The molecule has 6 heteroatoms. The third-order valence-corrected chi connectivity index (χ3v) is 3.12. The van der Waals surface area contributed by atoms with E-state index in [9.17, 15) is 14.4 Å². The zero-order valence-corrected chi connectivity index (χ0v) is 12.6. The van der Waals surface area contributed by atoms with E-state index in [1.54, 1.807) is 20.8 Å². The van der Waals surface area contributed by atoms with Gasteiger partial charge in [-0.3, -0.25) is 9.59 Å². The summed E-state index contributed by atoms with van der Waals surface area (Å²) in [5, 5.41) is 2.70. The maximum atomic E-state index is 11.9. The topological polar surface area (TPSA) is 81.7 Å². The van der Waals surface area contributed by atoms with Crippen LogP contribution < -0.4 is 5.32 Å². The molecule has 0 bridgehead atoms. The van der Waals surface area contributed by atoms with Crippen LogP contribution in [0.15, 0.2) is 0 Å². The Morgan fingerprint density at radius 3 is 2.50 bits per heavy atom. The molecule has 1 N–H and O–H groups in total. The standard InChI is InChI=1S/C14H23NO5/c1-13(2,3)20-12(18)15-14(9-11(17)19-4)7-5-6-10(16)8-14/h5-9H2,1-4H3,(H,15,18)/t14-/m0/s1. The molecule has 0 unspecified atom stereocenters. The normalized spacial score (nSPS) is 23.1. The summed E-state index contributed by atoms with van der Waals surface area (Å²) in [7, 11) is 1.29. The lowest BCUT2D eigenvalue weighted by atomic mass is 9.78. The molecule has 0 spiro atoms. The Balaban J connectivity index is 2.80. The molecule has 0 heterocycles. The van der Waals surface area contributed by atoms with E-state index < -0.39 is 23.2 Å². The van der Waals surface area contributed by atoms with Gasteiger partial charge < -0.3 is 14.8 Å². The number of alkyl carbamates (subject to hydrolysis) is 1. The molecule has 6 nitrogen and oxygen atoms in total. The number of hydrogen-bond donors (Lipinski definition) is 1. The van der Waals surface area contributed by atoms with Gasteiger partial charge in [-0.2, -0.15) is 0 Å². The number of amides is 1. The number of esters is 1. The van der Waals surface area contributed by atoms with Crippen molar-refractivity contribution >= 4 is 17.8 Å². The molecule has 0 saturated heterocycles. The summed E-state index contributed by atoms with van der Waals surface area (Å²) in [6.07, 6.45) is 1.20. The van der Waals surface area contributed by atoms with Crippen LogP contribution in [-0.4, -0.2) is 36.1 Å². The van der Waals surface area contributed by atoms with Crippen molar-refractivity contribution in [3.8, 4) is 0 Å². The number of ether oxygens (including phenoxy) is 2. The number of carbonyl (C=O) groups excluding carboxylic acids is 3. The second-order valence-corrected chi connectivity index (χ2v) is 6.23. The number of methoxy groups -OCH3 is 1. The number of hydrogen-bond acceptors (Lipinski definition) is 5. The molecule has 20 heavy (non-hydrogen) atoms. The molecule has 1 atom stereocenters. The van der Waals surface area contributed by atoms with Crippen molar-refractivity contribution in [3.05, 3.63) is 0 Å². The van der Waals surface area contributed by atoms with Gasteiger partial charge in [0.05, 0.1) is 19.1 Å². The molecule has 0 aromatic rings. The number of ketones is 1. The van der Waals surface area contributed by atoms with Gasteiger partial charge in [0.25, 0.3) is 0 Å². The minimum Gasteiger partial charge on any atom is -0.469 e. The maximum Gasteiger partial charge on any atom is 0.408 e. The van der Waals surface area contributed by atoms with E-state index in [2.05, 4.69) is 10.1 Å². The highest BCUT2D eigenvalue weighted by atomic mass is 16.6. The molecule has 1 amide bonds. The summed E-state index contributed by atoms with van der Waals surface area (Å²) in [5.41, 5.74) is -1.51. The van der Waals surface area contributed by atoms with Crippen LogP contribution >= 0.6 is 0 Å². The average molecular weight is 285 g/mol. The molecule has 0 aromatic heterocycles. The Hall–Kier alpha value is -1.59. The van der Waals surface area contributed by atoms with E-state index in [4.69, 9.17) is 4.74 Å². The van der Waals surface area contributed by atoms with E-state index in [0.29, 0.717) is 19.3 Å². The summed E-state index contributed by atoms with van der Waals surface area (Å²) >= 11 is 0. The van der Waals surface area contributed by atoms with E-state index >= 15 is 0 Å². The van der Waals surface area contributed by atoms with Crippen molar-refractivity contribution in [3.63, 3.8) is 0 Å². The first-order valence-corrected chi connectivity index (χ1v) is 6.75. The predicted molar refractivity (Wildman–Crippen MR) is 72.2 cm³/mol. The van der Waals surface area contributed by atoms with Gasteiger partial charge in [-0.15, -0.1) is 0 Å². The Kier molecular flexibility index (Phi) is 5.14. The minimum atomic E-state index is -0.884. The molecule has 0 radical (unpaired) electrons. The van der Waals surface area contributed by atoms with Gasteiger partial charge in [0, 0.05) is 12.8 Å². The maximum absolute atomic E-state index is 11.9. The molecular formula is C14H23NO5. The third kappa shape index (κ3) is 5.19. The Morgan fingerprint density at radius 2 is 2.00 bits per heavy atom. The van der Waals surface area contributed by atoms with Gasteiger partial charge >= 0.3 is 12.1 Å². The van der Waals surface area contributed by atoms with Crippen molar-refractivity contribution in [1.29, 1.82) is 0 Å². The van der Waals surface area contributed by atoms with E-state index in [0.717, 1.165) is 0 Å². The highest BCUT2D eigenvalue weighted by molar-refractivity contribution is 5.83. The van der Waals surface area contributed by atoms with Gasteiger partial charge in [-0.25, -0.2) is 4.79 Å². The molecule has 1 aliphatic rings. The van der Waals surface area contributed by atoms with Gasteiger partial charge in [0.1, 0.15) is 11.4 Å². The monoisotopic (exact) mass is 285 g/mol. The fourth-order valence-corrected chi connectivity index (χ4v) is 2.35. The summed E-state index contributed by atoms with van der Waals surface area (Å²) in [4.78, 5) is 35.1. The first-order valence-electron chi connectivity index (χ1n) is 6.75. The highest BCUT2D eigenvalue weighted by Gasteiger charge is 2.40. The lowest BCUT2D eigenvalue weighted by molar-refractivity contribution is -0.143. The molecule has 0 aliphatic heterocycles. The highest BCUT2D eigenvalue weighted by Crippen LogP contribution is 2.30. The Bertz CT molecular complexity index is 399. The van der Waals surface area contributed by atoms with Crippen molar-refractivity contribution < 1.29 is 23.9 Å². The van der Waals surface area contributed by atoms with Crippen LogP contribution in [-0.2, 0) is 19.1 Å². The molecule has 1 fully saturated rings. The fourth-order valence-electron chi connectivity index (χ4n) is 2.35. The number of rotatable bonds is 3. The van der Waals surface area contributed by atoms with Crippen molar-refractivity contribution in [2.24, 2.45) is 0 Å². The van der Waals surface area contributed by atoms with Crippen LogP contribution in [0.4, 0.5) is 4.79 Å². The van der Waals surface area contributed by atoms with Crippen molar-refractivity contribution in [2.75, 3.05) is 7.11 Å². The minimum absolute atomic E-state index is 0.0194. The lowest BCUT2D eigenvalue weighted by Crippen LogP contribution is -2.54. The predicted octanol–water partition coefficient (Wildman–Crippen LogP) is 1.96. The summed E-state index contributed by atoms with van der Waals surface area (Å²) in [5.74, 6) is -0.410. The van der Waals surface area contributed by atoms with E-state index in [-0.39, 0.29) is 18.6 Å². The van der Waals surface area contributed by atoms with Crippen LogP contribution in [0.25, 0.3) is 0 Å². The second kappa shape index (κ2) is 6.24. The Morgan fingerprint density at radius 1 is 1.35 bits per heavy atom. The zero-order chi connectivity index (χ0) is 15.4. The SMILES string of the molecule is COC(=O)C[C@]1(NC(=O)OC(C)(C)C)CCCC(=O)C1. The summed E-state index contributed by atoms with van der Waals surface area (Å²) in [6.45, 7) is 5.27. The third-order valence-electron chi connectivity index (χ3n) is 3.12. The molecule has 1 aliphatic carbocycles. The van der Waals surface area contributed by atoms with E-state index in [1.807, 2.05) is 0 Å². The van der Waals surface area contributed by atoms with E-state index in [1.165, 1.54) is 7.11 Å². The fraction of sp³-hybridized carbons (Fsp3) is 0.786. The van der Waals surface area contributed by atoms with Crippen LogP contribution in [0.1, 0.15) is 52.9 Å². The Labute approximate surface area is 119 Å². The number of carbonyl (C=O) groups is 3. The summed E-state index contributed by atoms with van der Waals surface area (Å²) in [6, 6.07) is 0. The van der Waals surface area contributed by atoms with Gasteiger partial charge in [-0.05, 0) is 33.6 Å². The average Bonchev–Trinajstić information content (AvgIpc) is 2.25. The second-order valence-electron chi connectivity index (χ2n) is 6.23. The molecule has 114 valence electrons. The first kappa shape index (κ1) is 16.5. The first-order chi connectivity index (χ1) is 9.16. The number of Topliss-reactive ketones (excluding diaryl/α,β-unsaturated/α-hetero) is 1. The van der Waals surface area contributed by atoms with Gasteiger partial charge in [-0.1, -0.05) is 0 Å². The molecular weight excluding hydrogens is 262 g/mol. The molecule has 1 rings (SSSR count). The number of nitrogens with one attached hydrogen (secondary N) is 1. The zero-order valence-electron chi connectivity index (χ0n) is 12.6. The summed E-state index contributed by atoms with van der Waals surface area (Å²) < 4.78 is 9.86. The van der Waals surface area contributed by atoms with Crippen molar-refractivity contribution in [1.82, 2.24) is 5.32 Å². The van der Waals surface area contributed by atoms with Crippen molar-refractivity contribution in [2.45, 2.75) is 64.0 Å². The molecule has 1 saturated carbocycles. The van der Waals surface area contributed by atoms with Crippen LogP contribution in [0.3, 0.4) is 0 Å². The van der Waals surface area contributed by atoms with Crippen LogP contribution in [0.5, 0.6) is 0 Å².